The van der Waals surface area contributed by atoms with E-state index < -0.39 is 26.4 Å². The van der Waals surface area contributed by atoms with Crippen molar-refractivity contribution in [2.45, 2.75) is 11.4 Å². The molecule has 0 amide bonds. The van der Waals surface area contributed by atoms with Gasteiger partial charge in [0.2, 0.25) is 0 Å². The second-order valence-electron chi connectivity index (χ2n) is 4.99. The average Bonchev–Trinajstić information content (AvgIpc) is 2.87. The molecule has 0 atom stereocenters. The van der Waals surface area contributed by atoms with E-state index in [1.165, 1.54) is 29.2 Å². The van der Waals surface area contributed by atoms with Crippen molar-refractivity contribution in [2.24, 2.45) is 0 Å². The molecule has 0 unspecified atom stereocenters. The Morgan fingerprint density at radius 3 is 2.57 bits per heavy atom. The van der Waals surface area contributed by atoms with E-state index in [0.29, 0.717) is 5.69 Å². The van der Waals surface area contributed by atoms with Gasteiger partial charge in [-0.2, -0.15) is 0 Å². The lowest BCUT2D eigenvalue weighted by Gasteiger charge is -2.08. The standard InChI is InChI=1S/C14H10ClF2N3O2S/c1-23(21,22)10-4-8-2-3-20(14(8)13(17)12(10)16)7-9-5-19-11(15)6-18-9/h2-6H,7H2,1H3. The van der Waals surface area contributed by atoms with Crippen LogP contribution in [0.25, 0.3) is 10.9 Å². The summed E-state index contributed by atoms with van der Waals surface area (Å²) in [5.74, 6) is -2.60. The number of nitrogens with zero attached hydrogens (tertiary/aromatic N) is 3. The third-order valence-electron chi connectivity index (χ3n) is 3.30. The Bertz CT molecular complexity index is 1000. The Hall–Kier alpha value is -2.06. The third-order valence-corrected chi connectivity index (χ3v) is 4.60. The van der Waals surface area contributed by atoms with Crippen molar-refractivity contribution in [2.75, 3.05) is 6.26 Å². The Balaban J connectivity index is 2.14. The van der Waals surface area contributed by atoms with Gasteiger partial charge in [0.1, 0.15) is 10.0 Å². The highest BCUT2D eigenvalue weighted by Gasteiger charge is 2.22. The summed E-state index contributed by atoms with van der Waals surface area (Å²) < 4.78 is 52.9. The lowest BCUT2D eigenvalue weighted by atomic mass is 10.2. The van der Waals surface area contributed by atoms with Gasteiger partial charge < -0.3 is 4.57 Å². The molecule has 0 fully saturated rings. The minimum atomic E-state index is -3.86. The van der Waals surface area contributed by atoms with Gasteiger partial charge in [-0.15, -0.1) is 0 Å². The fraction of sp³-hybridized carbons (Fsp3) is 0.143. The highest BCUT2D eigenvalue weighted by Crippen LogP contribution is 2.28. The zero-order chi connectivity index (χ0) is 16.8. The highest BCUT2D eigenvalue weighted by molar-refractivity contribution is 7.90. The molecule has 0 saturated carbocycles. The normalized spacial score (nSPS) is 12.0. The number of sulfone groups is 1. The van der Waals surface area contributed by atoms with Crippen molar-refractivity contribution in [3.05, 3.63) is 53.2 Å². The van der Waals surface area contributed by atoms with Crippen LogP contribution in [0.4, 0.5) is 8.78 Å². The number of aromatic nitrogens is 3. The van der Waals surface area contributed by atoms with Crippen LogP contribution in [0.2, 0.25) is 5.15 Å². The minimum absolute atomic E-state index is 0.0355. The molecule has 2 heterocycles. The number of halogens is 3. The van der Waals surface area contributed by atoms with Crippen LogP contribution in [0.15, 0.2) is 35.6 Å². The van der Waals surface area contributed by atoms with E-state index in [4.69, 9.17) is 11.6 Å². The molecule has 2 aromatic heterocycles. The Kier molecular flexibility index (Phi) is 3.81. The van der Waals surface area contributed by atoms with Crippen LogP contribution in [0.1, 0.15) is 5.69 Å². The van der Waals surface area contributed by atoms with Gasteiger partial charge in [0, 0.05) is 17.8 Å². The first-order valence-electron chi connectivity index (χ1n) is 6.40. The Labute approximate surface area is 135 Å². The van der Waals surface area contributed by atoms with Crippen molar-refractivity contribution in [1.82, 2.24) is 14.5 Å². The number of hydrogen-bond donors (Lipinski definition) is 0. The number of rotatable bonds is 3. The number of hydrogen-bond acceptors (Lipinski definition) is 4. The summed E-state index contributed by atoms with van der Waals surface area (Å²) >= 11 is 5.65. The molecular formula is C14H10ClF2N3O2S. The zero-order valence-electron chi connectivity index (χ0n) is 11.8. The summed E-state index contributed by atoms with van der Waals surface area (Å²) in [7, 11) is -3.86. The maximum absolute atomic E-state index is 14.3. The van der Waals surface area contributed by atoms with Gasteiger partial charge in [0.05, 0.1) is 30.1 Å². The number of fused-ring (bicyclic) bond motifs is 1. The van der Waals surface area contributed by atoms with Gasteiger partial charge >= 0.3 is 0 Å². The van der Waals surface area contributed by atoms with Crippen LogP contribution < -0.4 is 0 Å². The van der Waals surface area contributed by atoms with Gasteiger partial charge in [-0.05, 0) is 12.1 Å². The summed E-state index contributed by atoms with van der Waals surface area (Å²) in [6.07, 6.45) is 5.13. The summed E-state index contributed by atoms with van der Waals surface area (Å²) in [5.41, 5.74) is 0.463. The largest absolute Gasteiger partial charge is 0.339 e. The first kappa shape index (κ1) is 15.8. The molecule has 0 radical (unpaired) electrons. The first-order valence-corrected chi connectivity index (χ1v) is 8.67. The summed E-state index contributed by atoms with van der Waals surface area (Å²) in [4.78, 5) is 7.25. The fourth-order valence-corrected chi connectivity index (χ4v) is 3.13. The van der Waals surface area contributed by atoms with E-state index in [1.807, 2.05) is 0 Å². The first-order chi connectivity index (χ1) is 10.8. The second-order valence-corrected chi connectivity index (χ2v) is 7.36. The van der Waals surface area contributed by atoms with E-state index in [1.54, 1.807) is 0 Å². The van der Waals surface area contributed by atoms with E-state index in [9.17, 15) is 17.2 Å². The SMILES string of the molecule is CS(=O)(=O)c1cc2ccn(Cc3cnc(Cl)cn3)c2c(F)c1F. The summed E-state index contributed by atoms with van der Waals surface area (Å²) in [5, 5.41) is 0.507. The zero-order valence-corrected chi connectivity index (χ0v) is 13.4. The molecule has 23 heavy (non-hydrogen) atoms. The van der Waals surface area contributed by atoms with Gasteiger partial charge in [-0.3, -0.25) is 4.98 Å². The maximum Gasteiger partial charge on any atom is 0.184 e. The van der Waals surface area contributed by atoms with E-state index >= 15 is 0 Å². The van der Waals surface area contributed by atoms with Crippen molar-refractivity contribution in [3.8, 4) is 0 Å². The van der Waals surface area contributed by atoms with Crippen LogP contribution in [-0.2, 0) is 16.4 Å². The van der Waals surface area contributed by atoms with Crippen LogP contribution in [0.3, 0.4) is 0 Å². The molecule has 0 aliphatic carbocycles. The van der Waals surface area contributed by atoms with Gasteiger partial charge in [-0.1, -0.05) is 11.6 Å². The molecule has 0 saturated heterocycles. The molecule has 3 rings (SSSR count). The lowest BCUT2D eigenvalue weighted by Crippen LogP contribution is -2.06. The van der Waals surface area contributed by atoms with Crippen LogP contribution in [0.5, 0.6) is 0 Å². The third kappa shape index (κ3) is 2.91. The number of benzene rings is 1. The van der Waals surface area contributed by atoms with Gasteiger partial charge in [0.15, 0.2) is 21.5 Å². The summed E-state index contributed by atoms with van der Waals surface area (Å²) in [6, 6.07) is 2.63. The van der Waals surface area contributed by atoms with Crippen molar-refractivity contribution in [1.29, 1.82) is 0 Å². The van der Waals surface area contributed by atoms with E-state index in [0.717, 1.165) is 12.3 Å². The molecule has 120 valence electrons. The fourth-order valence-electron chi connectivity index (χ4n) is 2.27. The quantitative estimate of drug-likeness (QED) is 0.723. The Morgan fingerprint density at radius 1 is 1.22 bits per heavy atom. The molecule has 5 nitrogen and oxygen atoms in total. The second kappa shape index (κ2) is 5.54. The highest BCUT2D eigenvalue weighted by atomic mass is 35.5. The Morgan fingerprint density at radius 2 is 1.96 bits per heavy atom. The van der Waals surface area contributed by atoms with Gasteiger partial charge in [-0.25, -0.2) is 22.2 Å². The molecule has 0 aliphatic heterocycles. The predicted octanol–water partition coefficient (Wildman–Crippen LogP) is 2.81. The van der Waals surface area contributed by atoms with Crippen molar-refractivity contribution < 1.29 is 17.2 Å². The molecule has 0 aliphatic rings. The van der Waals surface area contributed by atoms with Gasteiger partial charge in [0.25, 0.3) is 0 Å². The van der Waals surface area contributed by atoms with Crippen molar-refractivity contribution >= 4 is 32.3 Å². The molecule has 0 bridgehead atoms. The van der Waals surface area contributed by atoms with Crippen LogP contribution in [0, 0.1) is 11.6 Å². The molecule has 0 N–H and O–H groups in total. The predicted molar refractivity (Wildman–Crippen MR) is 81.1 cm³/mol. The smallest absolute Gasteiger partial charge is 0.184 e. The molecule has 1 aromatic carbocycles. The topological polar surface area (TPSA) is 64.8 Å². The molecule has 0 spiro atoms. The minimum Gasteiger partial charge on any atom is -0.339 e. The maximum atomic E-state index is 14.3. The van der Waals surface area contributed by atoms with E-state index in [-0.39, 0.29) is 22.6 Å². The van der Waals surface area contributed by atoms with Crippen molar-refractivity contribution in [3.63, 3.8) is 0 Å². The molecule has 3 aromatic rings. The molecular weight excluding hydrogens is 348 g/mol. The monoisotopic (exact) mass is 357 g/mol. The van der Waals surface area contributed by atoms with E-state index in [2.05, 4.69) is 9.97 Å². The lowest BCUT2D eigenvalue weighted by molar-refractivity contribution is 0.489. The molecule has 9 heteroatoms. The summed E-state index contributed by atoms with van der Waals surface area (Å²) in [6.45, 7) is 0.141. The van der Waals surface area contributed by atoms with Crippen LogP contribution >= 0.6 is 11.6 Å². The average molecular weight is 358 g/mol. The van der Waals surface area contributed by atoms with Crippen LogP contribution in [-0.4, -0.2) is 29.2 Å².